The molecule has 0 saturated carbocycles. The number of carbonyl (C=O) groups is 1. The minimum Gasteiger partial charge on any atom is -0.493 e. The first-order chi connectivity index (χ1) is 13.7. The summed E-state index contributed by atoms with van der Waals surface area (Å²) in [7, 11) is 1.41. The molecule has 154 valence electrons. The van der Waals surface area contributed by atoms with E-state index in [-0.39, 0.29) is 24.0 Å². The van der Waals surface area contributed by atoms with Gasteiger partial charge in [0.05, 0.1) is 16.5 Å². The van der Waals surface area contributed by atoms with Crippen LogP contribution >= 0.6 is 15.9 Å². The number of benzene rings is 2. The number of nitrogens with zero attached hydrogens (tertiary/aromatic N) is 1. The van der Waals surface area contributed by atoms with Crippen molar-refractivity contribution in [1.29, 1.82) is 0 Å². The fourth-order valence-corrected chi connectivity index (χ4v) is 3.15. The molecule has 8 heteroatoms. The van der Waals surface area contributed by atoms with Gasteiger partial charge in [-0.25, -0.2) is 4.79 Å². The zero-order valence-electron chi connectivity index (χ0n) is 16.6. The Kier molecular flexibility index (Phi) is 7.78. The third-order valence-corrected chi connectivity index (χ3v) is 4.58. The highest BCUT2D eigenvalue weighted by molar-refractivity contribution is 9.10. The highest BCUT2D eigenvalue weighted by Crippen LogP contribution is 2.37. The molecule has 0 aromatic heterocycles. The van der Waals surface area contributed by atoms with Crippen LogP contribution in [0.1, 0.15) is 36.5 Å². The van der Waals surface area contributed by atoms with Crippen molar-refractivity contribution in [2.75, 3.05) is 13.7 Å². The molecule has 0 amide bonds. The number of nitro groups is 1. The molecule has 2 rings (SSSR count). The molecule has 2 aromatic carbocycles. The maximum atomic E-state index is 12.3. The van der Waals surface area contributed by atoms with E-state index >= 15 is 0 Å². The van der Waals surface area contributed by atoms with Crippen molar-refractivity contribution >= 4 is 28.0 Å². The SMILES string of the molecule is COc1cc(/C=C/[N+](=O)[O-])cc(Br)c1OC(=O)COc1cc(C)ccc1C(C)C. The van der Waals surface area contributed by atoms with Crippen LogP contribution in [0.5, 0.6) is 17.2 Å². The van der Waals surface area contributed by atoms with Gasteiger partial charge in [0.1, 0.15) is 5.75 Å². The smallest absolute Gasteiger partial charge is 0.349 e. The summed E-state index contributed by atoms with van der Waals surface area (Å²) in [5.74, 6) is 0.717. The van der Waals surface area contributed by atoms with Crippen LogP contribution in [0, 0.1) is 17.0 Å². The normalized spacial score (nSPS) is 11.0. The topological polar surface area (TPSA) is 87.9 Å². The van der Waals surface area contributed by atoms with E-state index in [2.05, 4.69) is 15.9 Å². The van der Waals surface area contributed by atoms with E-state index in [1.807, 2.05) is 39.0 Å². The summed E-state index contributed by atoms with van der Waals surface area (Å²) in [6.07, 6.45) is 2.13. The molecule has 0 atom stereocenters. The Hall–Kier alpha value is -2.87. The highest BCUT2D eigenvalue weighted by atomic mass is 79.9. The minimum atomic E-state index is -0.603. The van der Waals surface area contributed by atoms with Crippen molar-refractivity contribution in [3.63, 3.8) is 0 Å². The highest BCUT2D eigenvalue weighted by Gasteiger charge is 2.17. The van der Waals surface area contributed by atoms with E-state index in [9.17, 15) is 14.9 Å². The first-order valence-electron chi connectivity index (χ1n) is 8.84. The van der Waals surface area contributed by atoms with Crippen LogP contribution in [-0.4, -0.2) is 24.6 Å². The Bertz CT molecular complexity index is 939. The molecule has 0 unspecified atom stereocenters. The first kappa shape index (κ1) is 22.4. The van der Waals surface area contributed by atoms with Gasteiger partial charge in [0.15, 0.2) is 18.1 Å². The summed E-state index contributed by atoms with van der Waals surface area (Å²) in [4.78, 5) is 22.3. The molecule has 0 aliphatic rings. The molecule has 29 heavy (non-hydrogen) atoms. The predicted molar refractivity (Wildman–Crippen MR) is 113 cm³/mol. The Morgan fingerprint density at radius 3 is 2.59 bits per heavy atom. The molecule has 0 N–H and O–H groups in total. The van der Waals surface area contributed by atoms with Gasteiger partial charge < -0.3 is 14.2 Å². The van der Waals surface area contributed by atoms with Gasteiger partial charge >= 0.3 is 5.97 Å². The van der Waals surface area contributed by atoms with Gasteiger partial charge in [0.2, 0.25) is 6.20 Å². The Morgan fingerprint density at radius 2 is 1.97 bits per heavy atom. The van der Waals surface area contributed by atoms with Gasteiger partial charge in [0, 0.05) is 6.08 Å². The van der Waals surface area contributed by atoms with Crippen LogP contribution < -0.4 is 14.2 Å². The van der Waals surface area contributed by atoms with Crippen molar-refractivity contribution in [3.05, 3.63) is 67.8 Å². The Labute approximate surface area is 177 Å². The monoisotopic (exact) mass is 463 g/mol. The number of ether oxygens (including phenoxy) is 3. The lowest BCUT2D eigenvalue weighted by atomic mass is 10.0. The first-order valence-corrected chi connectivity index (χ1v) is 9.63. The third kappa shape index (κ3) is 6.32. The van der Waals surface area contributed by atoms with Crippen molar-refractivity contribution in [2.24, 2.45) is 0 Å². The number of rotatable bonds is 8. The fraction of sp³-hybridized carbons (Fsp3) is 0.286. The molecule has 7 nitrogen and oxygen atoms in total. The van der Waals surface area contributed by atoms with Gasteiger partial charge in [-0.15, -0.1) is 0 Å². The van der Waals surface area contributed by atoms with Crippen LogP contribution in [-0.2, 0) is 4.79 Å². The lowest BCUT2D eigenvalue weighted by Gasteiger charge is -2.15. The Morgan fingerprint density at radius 1 is 1.24 bits per heavy atom. The van der Waals surface area contributed by atoms with E-state index in [1.54, 1.807) is 6.07 Å². The van der Waals surface area contributed by atoms with Crippen LogP contribution in [0.3, 0.4) is 0 Å². The summed E-state index contributed by atoms with van der Waals surface area (Å²) in [5.41, 5.74) is 2.55. The molecule has 0 saturated heterocycles. The van der Waals surface area contributed by atoms with Crippen molar-refractivity contribution < 1.29 is 23.9 Å². The number of aryl methyl sites for hydroxylation is 1. The second kappa shape index (κ2) is 10.1. The van der Waals surface area contributed by atoms with Crippen LogP contribution in [0.4, 0.5) is 0 Å². The van der Waals surface area contributed by atoms with Crippen LogP contribution in [0.25, 0.3) is 6.08 Å². The van der Waals surface area contributed by atoms with Crippen molar-refractivity contribution in [2.45, 2.75) is 26.7 Å². The molecule has 0 heterocycles. The number of hydrogen-bond donors (Lipinski definition) is 0. The molecule has 0 aliphatic heterocycles. The Balaban J connectivity index is 2.15. The number of carbonyl (C=O) groups excluding carboxylic acids is 1. The molecule has 0 radical (unpaired) electrons. The average Bonchev–Trinajstić information content (AvgIpc) is 2.66. The molecule has 0 bridgehead atoms. The standard InChI is InChI=1S/C21H22BrNO6/c1-13(2)16-6-5-14(3)9-18(16)28-12-20(24)29-21-17(22)10-15(7-8-23(25)26)11-19(21)27-4/h5-11,13H,12H2,1-4H3/b8-7+. The molecular formula is C21H22BrNO6. The predicted octanol–water partition coefficient (Wildman–Crippen LogP) is 5.12. The van der Waals surface area contributed by atoms with Crippen LogP contribution in [0.15, 0.2) is 41.0 Å². The third-order valence-electron chi connectivity index (χ3n) is 3.99. The van der Waals surface area contributed by atoms with Gasteiger partial charge in [-0.1, -0.05) is 26.0 Å². The van der Waals surface area contributed by atoms with Crippen LogP contribution in [0.2, 0.25) is 0 Å². The number of methoxy groups -OCH3 is 1. The van der Waals surface area contributed by atoms with E-state index in [4.69, 9.17) is 14.2 Å². The minimum absolute atomic E-state index is 0.174. The summed E-state index contributed by atoms with van der Waals surface area (Å²) in [5, 5.41) is 10.5. The number of hydrogen-bond acceptors (Lipinski definition) is 6. The second-order valence-corrected chi connectivity index (χ2v) is 7.45. The second-order valence-electron chi connectivity index (χ2n) is 6.59. The number of halogens is 1. The molecule has 0 fully saturated rings. The summed E-state index contributed by atoms with van der Waals surface area (Å²) in [6, 6.07) is 8.99. The lowest BCUT2D eigenvalue weighted by Crippen LogP contribution is -2.19. The quantitative estimate of drug-likeness (QED) is 0.233. The van der Waals surface area contributed by atoms with Crippen molar-refractivity contribution in [1.82, 2.24) is 0 Å². The molecule has 0 spiro atoms. The van der Waals surface area contributed by atoms with E-state index in [1.165, 1.54) is 19.3 Å². The van der Waals surface area contributed by atoms with Crippen molar-refractivity contribution in [3.8, 4) is 17.2 Å². The molecular weight excluding hydrogens is 442 g/mol. The van der Waals surface area contributed by atoms with Gasteiger partial charge in [0.25, 0.3) is 0 Å². The summed E-state index contributed by atoms with van der Waals surface area (Å²) >= 11 is 3.31. The number of esters is 1. The lowest BCUT2D eigenvalue weighted by molar-refractivity contribution is -0.400. The molecule has 2 aromatic rings. The van der Waals surface area contributed by atoms with Gasteiger partial charge in [-0.05, 0) is 63.7 Å². The van der Waals surface area contributed by atoms with Gasteiger partial charge in [-0.3, -0.25) is 10.1 Å². The van der Waals surface area contributed by atoms with Gasteiger partial charge in [-0.2, -0.15) is 0 Å². The van der Waals surface area contributed by atoms with E-state index in [0.717, 1.165) is 17.3 Å². The van der Waals surface area contributed by atoms with E-state index < -0.39 is 10.9 Å². The average molecular weight is 464 g/mol. The maximum Gasteiger partial charge on any atom is 0.349 e. The zero-order valence-corrected chi connectivity index (χ0v) is 18.2. The largest absolute Gasteiger partial charge is 0.493 e. The fourth-order valence-electron chi connectivity index (χ4n) is 2.61. The molecule has 0 aliphatic carbocycles. The van der Waals surface area contributed by atoms with E-state index in [0.29, 0.717) is 15.8 Å². The summed E-state index contributed by atoms with van der Waals surface area (Å²) < 4.78 is 16.8. The zero-order chi connectivity index (χ0) is 21.6. The summed E-state index contributed by atoms with van der Waals surface area (Å²) in [6.45, 7) is 5.77. The maximum absolute atomic E-state index is 12.3.